The van der Waals surface area contributed by atoms with Gasteiger partial charge >= 0.3 is 12.1 Å². The molecule has 0 saturated carbocycles. The smallest absolute Gasteiger partial charge is 0.416 e. The van der Waals surface area contributed by atoms with Gasteiger partial charge in [-0.2, -0.15) is 13.2 Å². The second-order valence-electron chi connectivity index (χ2n) is 5.44. The van der Waals surface area contributed by atoms with Crippen molar-refractivity contribution in [3.8, 4) is 0 Å². The second kappa shape index (κ2) is 6.52. The molecular weight excluding hydrogens is 331 g/mol. The minimum atomic E-state index is -4.59. The molecule has 1 aliphatic heterocycles. The highest BCUT2D eigenvalue weighted by Crippen LogP contribution is 2.31. The summed E-state index contributed by atoms with van der Waals surface area (Å²) in [5.41, 5.74) is 0. The van der Waals surface area contributed by atoms with Crippen LogP contribution in [0.25, 0.3) is 0 Å². The van der Waals surface area contributed by atoms with Crippen LogP contribution in [0, 0.1) is 0 Å². The fourth-order valence-electron chi connectivity index (χ4n) is 2.54. The Bertz CT molecular complexity index is 648. The van der Waals surface area contributed by atoms with Crippen molar-refractivity contribution in [1.82, 2.24) is 25.3 Å². The molecule has 0 spiro atoms. The van der Waals surface area contributed by atoms with Gasteiger partial charge in [0.2, 0.25) is 5.89 Å². The van der Waals surface area contributed by atoms with Crippen molar-refractivity contribution in [1.29, 1.82) is 0 Å². The van der Waals surface area contributed by atoms with E-state index in [1.54, 1.807) is 11.3 Å². The molecule has 10 heteroatoms. The van der Waals surface area contributed by atoms with Gasteiger partial charge in [0.25, 0.3) is 0 Å². The summed E-state index contributed by atoms with van der Waals surface area (Å²) in [6, 6.07) is 0. The van der Waals surface area contributed by atoms with Crippen LogP contribution in [0.1, 0.15) is 47.5 Å². The van der Waals surface area contributed by atoms with Crippen LogP contribution in [0.5, 0.6) is 0 Å². The lowest BCUT2D eigenvalue weighted by molar-refractivity contribution is -0.157. The van der Waals surface area contributed by atoms with Crippen molar-refractivity contribution in [3.63, 3.8) is 0 Å². The van der Waals surface area contributed by atoms with Gasteiger partial charge in [0.15, 0.2) is 0 Å². The number of aryl methyl sites for hydroxylation is 1. The summed E-state index contributed by atoms with van der Waals surface area (Å²) in [5, 5.41) is 17.0. The van der Waals surface area contributed by atoms with Crippen molar-refractivity contribution in [2.75, 3.05) is 13.1 Å². The van der Waals surface area contributed by atoms with E-state index in [-0.39, 0.29) is 12.4 Å². The summed E-state index contributed by atoms with van der Waals surface area (Å²) in [4.78, 5) is 2.02. The molecule has 2 aromatic heterocycles. The van der Waals surface area contributed by atoms with Crippen LogP contribution in [0.4, 0.5) is 13.2 Å². The lowest BCUT2D eigenvalue weighted by atomic mass is 9.98. The van der Waals surface area contributed by atoms with Gasteiger partial charge in [-0.15, -0.1) is 31.7 Å². The number of rotatable bonds is 4. The van der Waals surface area contributed by atoms with Crippen LogP contribution in [0.2, 0.25) is 0 Å². The maximum atomic E-state index is 12.4. The van der Waals surface area contributed by atoms with E-state index in [0.29, 0.717) is 5.92 Å². The molecule has 0 amide bonds. The minimum absolute atomic E-state index is 0.0000375. The zero-order chi connectivity index (χ0) is 16.4. The van der Waals surface area contributed by atoms with Gasteiger partial charge in [-0.25, -0.2) is 0 Å². The quantitative estimate of drug-likeness (QED) is 0.847. The molecule has 1 fully saturated rings. The third-order valence-electron chi connectivity index (χ3n) is 3.79. The van der Waals surface area contributed by atoms with Gasteiger partial charge in [-0.1, -0.05) is 6.92 Å². The van der Waals surface area contributed by atoms with Crippen molar-refractivity contribution in [2.45, 2.75) is 44.8 Å². The van der Waals surface area contributed by atoms with Gasteiger partial charge in [0.1, 0.15) is 10.0 Å². The van der Waals surface area contributed by atoms with Crippen LogP contribution in [0.3, 0.4) is 0 Å². The largest absolute Gasteiger partial charge is 0.470 e. The number of hydrogen-bond acceptors (Lipinski definition) is 7. The van der Waals surface area contributed by atoms with E-state index >= 15 is 0 Å². The van der Waals surface area contributed by atoms with E-state index in [4.69, 9.17) is 0 Å². The Kier molecular flexibility index (Phi) is 4.62. The Morgan fingerprint density at radius 2 is 1.91 bits per heavy atom. The normalized spacial score (nSPS) is 17.7. The van der Waals surface area contributed by atoms with Crippen LogP contribution in [-0.2, 0) is 19.1 Å². The molecule has 0 bridgehead atoms. The Morgan fingerprint density at radius 1 is 1.17 bits per heavy atom. The Morgan fingerprint density at radius 3 is 2.48 bits per heavy atom. The maximum absolute atomic E-state index is 12.4. The molecule has 0 aliphatic carbocycles. The highest BCUT2D eigenvalue weighted by atomic mass is 32.1. The molecule has 0 radical (unpaired) electrons. The average molecular weight is 347 g/mol. The lowest BCUT2D eigenvalue weighted by Gasteiger charge is -2.29. The summed E-state index contributed by atoms with van der Waals surface area (Å²) < 4.78 is 42.0. The minimum Gasteiger partial charge on any atom is -0.416 e. The molecule has 126 valence electrons. The molecule has 0 aromatic carbocycles. The third kappa shape index (κ3) is 3.86. The summed E-state index contributed by atoms with van der Waals surface area (Å²) in [5.74, 6) is -0.916. The third-order valence-corrected chi connectivity index (χ3v) is 5.02. The summed E-state index contributed by atoms with van der Waals surface area (Å²) in [6.45, 7) is 3.81. The van der Waals surface area contributed by atoms with Crippen LogP contribution < -0.4 is 0 Å². The number of nitrogens with zero attached hydrogens (tertiary/aromatic N) is 5. The predicted molar refractivity (Wildman–Crippen MR) is 75.8 cm³/mol. The van der Waals surface area contributed by atoms with Gasteiger partial charge in [-0.05, 0) is 32.4 Å². The molecule has 3 rings (SSSR count). The Labute approximate surface area is 134 Å². The number of hydrogen-bond donors (Lipinski definition) is 0. The fraction of sp³-hybridized carbons (Fsp3) is 0.692. The molecule has 0 unspecified atom stereocenters. The van der Waals surface area contributed by atoms with Crippen LogP contribution >= 0.6 is 11.3 Å². The second-order valence-corrected chi connectivity index (χ2v) is 6.53. The molecule has 1 saturated heterocycles. The molecule has 2 aromatic rings. The number of likely N-dealkylation sites (tertiary alicyclic amines) is 1. The van der Waals surface area contributed by atoms with Crippen molar-refractivity contribution < 1.29 is 17.6 Å². The fourth-order valence-corrected chi connectivity index (χ4v) is 3.49. The SMILES string of the molecule is CCc1nnc(C2CCN(Cc3nnc(C(F)(F)F)o3)CC2)s1. The maximum Gasteiger partial charge on any atom is 0.470 e. The number of halogens is 3. The lowest BCUT2D eigenvalue weighted by Crippen LogP contribution is -2.32. The predicted octanol–water partition coefficient (Wildman–Crippen LogP) is 2.88. The van der Waals surface area contributed by atoms with Crippen LogP contribution in [0.15, 0.2) is 4.42 Å². The summed E-state index contributed by atoms with van der Waals surface area (Å²) in [6.07, 6.45) is -1.90. The van der Waals surface area contributed by atoms with Crippen molar-refractivity contribution in [2.24, 2.45) is 0 Å². The summed E-state index contributed by atoms with van der Waals surface area (Å²) >= 11 is 1.64. The topological polar surface area (TPSA) is 67.9 Å². The zero-order valence-corrected chi connectivity index (χ0v) is 13.3. The van der Waals surface area contributed by atoms with E-state index in [9.17, 15) is 13.2 Å². The zero-order valence-electron chi connectivity index (χ0n) is 12.5. The molecular formula is C13H16F3N5OS. The first-order chi connectivity index (χ1) is 11.0. The van der Waals surface area contributed by atoms with E-state index in [0.717, 1.165) is 42.4 Å². The number of aromatic nitrogens is 4. The first kappa shape index (κ1) is 16.3. The van der Waals surface area contributed by atoms with E-state index in [2.05, 4.69) is 24.8 Å². The highest BCUT2D eigenvalue weighted by Gasteiger charge is 2.38. The average Bonchev–Trinajstić information content (AvgIpc) is 3.16. The van der Waals surface area contributed by atoms with E-state index in [1.165, 1.54) is 0 Å². The summed E-state index contributed by atoms with van der Waals surface area (Å²) in [7, 11) is 0. The van der Waals surface area contributed by atoms with Crippen molar-refractivity contribution in [3.05, 3.63) is 21.8 Å². The molecule has 0 N–H and O–H groups in total. The Hall–Kier alpha value is -1.55. The van der Waals surface area contributed by atoms with Gasteiger partial charge in [-0.3, -0.25) is 4.90 Å². The molecule has 3 heterocycles. The molecule has 23 heavy (non-hydrogen) atoms. The van der Waals surface area contributed by atoms with Gasteiger partial charge in [0, 0.05) is 5.92 Å². The number of alkyl halides is 3. The molecule has 0 atom stereocenters. The molecule has 1 aliphatic rings. The number of piperidine rings is 1. The standard InChI is InChI=1S/C13H16F3N5OS/c1-2-10-18-19-11(23-10)8-3-5-21(6-4-8)7-9-17-20-12(22-9)13(14,15)16/h8H,2-7H2,1H3. The van der Waals surface area contributed by atoms with E-state index < -0.39 is 12.1 Å². The van der Waals surface area contributed by atoms with Gasteiger partial charge < -0.3 is 4.42 Å². The van der Waals surface area contributed by atoms with E-state index in [1.807, 2.05) is 11.8 Å². The van der Waals surface area contributed by atoms with Gasteiger partial charge in [0.05, 0.1) is 6.54 Å². The first-order valence-electron chi connectivity index (χ1n) is 7.40. The van der Waals surface area contributed by atoms with Crippen LogP contribution in [-0.4, -0.2) is 38.4 Å². The first-order valence-corrected chi connectivity index (χ1v) is 8.21. The van der Waals surface area contributed by atoms with Crippen molar-refractivity contribution >= 4 is 11.3 Å². The Balaban J connectivity index is 1.54. The monoisotopic (exact) mass is 347 g/mol. The highest BCUT2D eigenvalue weighted by molar-refractivity contribution is 7.11. The molecule has 6 nitrogen and oxygen atoms in total.